The molecule has 0 unspecified atom stereocenters. The first-order chi connectivity index (χ1) is 11.0. The van der Waals surface area contributed by atoms with Crippen LogP contribution in [0, 0.1) is 5.92 Å². The molecule has 3 rings (SSSR count). The normalized spacial score (nSPS) is 28.5. The molecule has 1 aliphatic rings. The fourth-order valence-corrected chi connectivity index (χ4v) is 3.92. The van der Waals surface area contributed by atoms with E-state index in [0.29, 0.717) is 12.0 Å². The van der Waals surface area contributed by atoms with Crippen LogP contribution in [-0.2, 0) is 4.74 Å². The van der Waals surface area contributed by atoms with Crippen LogP contribution in [0.25, 0.3) is 0 Å². The van der Waals surface area contributed by atoms with Gasteiger partial charge in [0.25, 0.3) is 0 Å². The Hall–Kier alpha value is -1.64. The molecule has 23 heavy (non-hydrogen) atoms. The van der Waals surface area contributed by atoms with E-state index in [0.717, 1.165) is 10.9 Å². The number of ether oxygens (including phenoxy) is 1. The number of hydrogen-bond donors (Lipinski definition) is 0. The van der Waals surface area contributed by atoms with E-state index in [-0.39, 0.29) is 12.2 Å². The highest BCUT2D eigenvalue weighted by molar-refractivity contribution is 5.22. The van der Waals surface area contributed by atoms with E-state index in [9.17, 15) is 0 Å². The van der Waals surface area contributed by atoms with Crippen molar-refractivity contribution < 1.29 is 9.22 Å². The second kappa shape index (κ2) is 6.46. The van der Waals surface area contributed by atoms with Crippen LogP contribution in [0.3, 0.4) is 0 Å². The maximum atomic E-state index is 6.59. The van der Waals surface area contributed by atoms with Gasteiger partial charge >= 0.3 is 0 Å². The van der Waals surface area contributed by atoms with E-state index < -0.39 is 0 Å². The number of rotatable bonds is 3. The van der Waals surface area contributed by atoms with E-state index in [2.05, 4.69) is 88.7 Å². The summed E-state index contributed by atoms with van der Waals surface area (Å²) in [6.07, 6.45) is 1.38. The standard InChI is InChI=1S/C21H28NO/c1-16-19(22(2,3)4)15-20(17-11-7-5-8-12-17)23-21(16)18-13-9-6-10-14-18/h5-14,16,19-21H,15H2,1-4H3/q+1/t16-,19-,20+,21-/m1/s1. The smallest absolute Gasteiger partial charge is 0.0967 e. The zero-order valence-electron chi connectivity index (χ0n) is 14.6. The topological polar surface area (TPSA) is 9.23 Å². The van der Waals surface area contributed by atoms with Gasteiger partial charge < -0.3 is 9.22 Å². The van der Waals surface area contributed by atoms with Crippen LogP contribution >= 0.6 is 0 Å². The SMILES string of the molecule is C[C@@H]1[C@H]([N+](C)(C)C)C[C@@H](c2ccccc2)O[C@H]1c1ccccc1. The summed E-state index contributed by atoms with van der Waals surface area (Å²) in [4.78, 5) is 0. The Morgan fingerprint density at radius 2 is 1.35 bits per heavy atom. The monoisotopic (exact) mass is 310 g/mol. The van der Waals surface area contributed by atoms with Crippen molar-refractivity contribution in [3.8, 4) is 0 Å². The van der Waals surface area contributed by atoms with Gasteiger partial charge in [0.2, 0.25) is 0 Å². The average Bonchev–Trinajstić information content (AvgIpc) is 2.55. The van der Waals surface area contributed by atoms with Gasteiger partial charge in [0.15, 0.2) is 0 Å². The molecule has 0 spiro atoms. The van der Waals surface area contributed by atoms with Crippen molar-refractivity contribution in [2.75, 3.05) is 21.1 Å². The van der Waals surface area contributed by atoms with E-state index >= 15 is 0 Å². The second-order valence-electron chi connectivity index (χ2n) is 7.65. The summed E-state index contributed by atoms with van der Waals surface area (Å²) < 4.78 is 7.56. The first-order valence-electron chi connectivity index (χ1n) is 8.53. The fraction of sp³-hybridized carbons (Fsp3) is 0.429. The van der Waals surface area contributed by atoms with E-state index in [4.69, 9.17) is 4.74 Å². The lowest BCUT2D eigenvalue weighted by molar-refractivity contribution is -0.903. The third-order valence-corrected chi connectivity index (χ3v) is 5.15. The van der Waals surface area contributed by atoms with Gasteiger partial charge in [-0.3, -0.25) is 0 Å². The van der Waals surface area contributed by atoms with E-state index in [1.165, 1.54) is 11.1 Å². The molecule has 1 aliphatic heterocycles. The third-order valence-electron chi connectivity index (χ3n) is 5.15. The van der Waals surface area contributed by atoms with Gasteiger partial charge in [0.05, 0.1) is 39.4 Å². The summed E-state index contributed by atoms with van der Waals surface area (Å²) in [6.45, 7) is 2.34. The first kappa shape index (κ1) is 16.2. The minimum atomic E-state index is 0.150. The van der Waals surface area contributed by atoms with Gasteiger partial charge in [0, 0.05) is 12.3 Å². The van der Waals surface area contributed by atoms with Crippen molar-refractivity contribution >= 4 is 0 Å². The van der Waals surface area contributed by atoms with Gasteiger partial charge in [0.1, 0.15) is 0 Å². The quantitative estimate of drug-likeness (QED) is 0.753. The summed E-state index contributed by atoms with van der Waals surface area (Å²) in [5.41, 5.74) is 2.58. The van der Waals surface area contributed by atoms with Gasteiger partial charge in [-0.05, 0) is 11.1 Å². The number of hydrogen-bond acceptors (Lipinski definition) is 1. The van der Waals surface area contributed by atoms with Crippen LogP contribution in [0.1, 0.15) is 36.7 Å². The molecule has 0 radical (unpaired) electrons. The van der Waals surface area contributed by atoms with Crippen LogP contribution in [-0.4, -0.2) is 31.7 Å². The van der Waals surface area contributed by atoms with Crippen LogP contribution in [0.15, 0.2) is 60.7 Å². The van der Waals surface area contributed by atoms with Gasteiger partial charge in [-0.25, -0.2) is 0 Å². The minimum Gasteiger partial charge on any atom is -0.365 e. The molecule has 1 fully saturated rings. The Labute approximate surface area is 140 Å². The molecule has 122 valence electrons. The van der Waals surface area contributed by atoms with Crippen LogP contribution in [0.2, 0.25) is 0 Å². The molecule has 2 heteroatoms. The highest BCUT2D eigenvalue weighted by Gasteiger charge is 2.43. The highest BCUT2D eigenvalue weighted by atomic mass is 16.5. The predicted molar refractivity (Wildman–Crippen MR) is 95.1 cm³/mol. The molecule has 2 nitrogen and oxygen atoms in total. The summed E-state index contributed by atoms with van der Waals surface area (Å²) in [7, 11) is 6.91. The van der Waals surface area contributed by atoms with Crippen LogP contribution in [0.5, 0.6) is 0 Å². The lowest BCUT2D eigenvalue weighted by atomic mass is 9.82. The zero-order chi connectivity index (χ0) is 16.4. The zero-order valence-corrected chi connectivity index (χ0v) is 14.6. The van der Waals surface area contributed by atoms with Crippen LogP contribution < -0.4 is 0 Å². The first-order valence-corrected chi connectivity index (χ1v) is 8.53. The molecule has 0 aliphatic carbocycles. The summed E-state index contributed by atoms with van der Waals surface area (Å²) in [5, 5.41) is 0. The molecule has 0 aromatic heterocycles. The molecule has 0 amide bonds. The van der Waals surface area contributed by atoms with Gasteiger partial charge in [-0.1, -0.05) is 67.6 Å². The van der Waals surface area contributed by atoms with E-state index in [1.54, 1.807) is 0 Å². The Kier molecular flexibility index (Phi) is 4.56. The maximum absolute atomic E-state index is 6.59. The Morgan fingerprint density at radius 1 is 0.826 bits per heavy atom. The lowest BCUT2D eigenvalue weighted by Gasteiger charge is -2.47. The van der Waals surface area contributed by atoms with Crippen molar-refractivity contribution in [1.82, 2.24) is 0 Å². The number of benzene rings is 2. The Balaban J connectivity index is 1.95. The molecular formula is C21H28NO+. The highest BCUT2D eigenvalue weighted by Crippen LogP contribution is 2.44. The second-order valence-corrected chi connectivity index (χ2v) is 7.65. The van der Waals surface area contributed by atoms with Crippen molar-refractivity contribution in [2.45, 2.75) is 31.6 Å². The third kappa shape index (κ3) is 3.49. The largest absolute Gasteiger partial charge is 0.365 e. The van der Waals surface area contributed by atoms with Crippen LogP contribution in [0.4, 0.5) is 0 Å². The summed E-state index contributed by atoms with van der Waals surface area (Å²) in [6, 6.07) is 21.9. The van der Waals surface area contributed by atoms with Gasteiger partial charge in [-0.2, -0.15) is 0 Å². The molecule has 4 atom stereocenters. The summed E-state index contributed by atoms with van der Waals surface area (Å²) in [5.74, 6) is 0.484. The van der Waals surface area contributed by atoms with Crippen molar-refractivity contribution in [3.05, 3.63) is 71.8 Å². The molecule has 0 saturated carbocycles. The molecule has 2 aromatic rings. The predicted octanol–water partition coefficient (Wildman–Crippen LogP) is 4.60. The van der Waals surface area contributed by atoms with Crippen molar-refractivity contribution in [2.24, 2.45) is 5.92 Å². The van der Waals surface area contributed by atoms with Crippen molar-refractivity contribution in [1.29, 1.82) is 0 Å². The van der Waals surface area contributed by atoms with E-state index in [1.807, 2.05) is 0 Å². The molecule has 0 bridgehead atoms. The molecular weight excluding hydrogens is 282 g/mol. The molecule has 1 saturated heterocycles. The average molecular weight is 310 g/mol. The molecule has 2 aromatic carbocycles. The maximum Gasteiger partial charge on any atom is 0.0967 e. The fourth-order valence-electron chi connectivity index (χ4n) is 3.92. The Bertz CT molecular complexity index is 617. The summed E-state index contributed by atoms with van der Waals surface area (Å²) >= 11 is 0. The molecule has 0 N–H and O–H groups in total. The van der Waals surface area contributed by atoms with Crippen molar-refractivity contribution in [3.63, 3.8) is 0 Å². The van der Waals surface area contributed by atoms with Gasteiger partial charge in [-0.15, -0.1) is 0 Å². The lowest BCUT2D eigenvalue weighted by Crippen LogP contribution is -2.53. The number of quaternary nitrogens is 1. The minimum absolute atomic E-state index is 0.150. The number of nitrogens with zero attached hydrogens (tertiary/aromatic N) is 1. The Morgan fingerprint density at radius 3 is 1.87 bits per heavy atom. The molecule has 1 heterocycles.